The van der Waals surface area contributed by atoms with Crippen LogP contribution in [0.2, 0.25) is 0 Å². The third kappa shape index (κ3) is 4.60. The van der Waals surface area contributed by atoms with E-state index < -0.39 is 0 Å². The molecule has 1 aliphatic rings. The Labute approximate surface area is 146 Å². The number of esters is 1. The SMILES string of the molecule is CCCCOC(=O)CSc1nnc(C2CC2)n1Cc1ccccc1. The monoisotopic (exact) mass is 345 g/mol. The maximum absolute atomic E-state index is 11.8. The predicted molar refractivity (Wildman–Crippen MR) is 94.1 cm³/mol. The summed E-state index contributed by atoms with van der Waals surface area (Å²) in [5.41, 5.74) is 1.21. The van der Waals surface area contributed by atoms with Crippen molar-refractivity contribution in [3.63, 3.8) is 0 Å². The number of thioether (sulfide) groups is 1. The minimum absolute atomic E-state index is 0.185. The average molecular weight is 345 g/mol. The van der Waals surface area contributed by atoms with E-state index in [-0.39, 0.29) is 11.7 Å². The third-order valence-corrected chi connectivity index (χ3v) is 4.89. The maximum Gasteiger partial charge on any atom is 0.316 e. The van der Waals surface area contributed by atoms with Crippen LogP contribution >= 0.6 is 11.8 Å². The van der Waals surface area contributed by atoms with Crippen molar-refractivity contribution >= 4 is 17.7 Å². The molecule has 0 spiro atoms. The molecule has 128 valence electrons. The molecule has 1 aromatic carbocycles. The van der Waals surface area contributed by atoms with Crippen LogP contribution < -0.4 is 0 Å². The van der Waals surface area contributed by atoms with Crippen LogP contribution in [0.1, 0.15) is 49.9 Å². The van der Waals surface area contributed by atoms with E-state index in [0.717, 1.165) is 30.4 Å². The lowest BCUT2D eigenvalue weighted by Crippen LogP contribution is -2.10. The third-order valence-electron chi connectivity index (χ3n) is 3.95. The van der Waals surface area contributed by atoms with Gasteiger partial charge in [-0.05, 0) is 24.8 Å². The van der Waals surface area contributed by atoms with E-state index in [1.807, 2.05) is 18.2 Å². The lowest BCUT2D eigenvalue weighted by molar-refractivity contribution is -0.140. The Morgan fingerprint density at radius 3 is 2.79 bits per heavy atom. The van der Waals surface area contributed by atoms with Gasteiger partial charge in [-0.15, -0.1) is 10.2 Å². The van der Waals surface area contributed by atoms with Gasteiger partial charge in [0.2, 0.25) is 0 Å². The smallest absolute Gasteiger partial charge is 0.316 e. The van der Waals surface area contributed by atoms with Crippen molar-refractivity contribution in [1.29, 1.82) is 0 Å². The zero-order valence-corrected chi connectivity index (χ0v) is 14.8. The molecule has 6 heteroatoms. The van der Waals surface area contributed by atoms with Gasteiger partial charge in [0.25, 0.3) is 0 Å². The molecule has 0 amide bonds. The van der Waals surface area contributed by atoms with E-state index in [2.05, 4.69) is 33.8 Å². The molecular weight excluding hydrogens is 322 g/mol. The Kier molecular flexibility index (Phi) is 5.91. The summed E-state index contributed by atoms with van der Waals surface area (Å²) in [6.07, 6.45) is 4.29. The van der Waals surface area contributed by atoms with Gasteiger partial charge in [0.15, 0.2) is 5.16 Å². The van der Waals surface area contributed by atoms with Crippen molar-refractivity contribution in [2.75, 3.05) is 12.4 Å². The molecule has 1 aliphatic carbocycles. The first-order valence-corrected chi connectivity index (χ1v) is 9.52. The molecule has 0 radical (unpaired) electrons. The van der Waals surface area contributed by atoms with Crippen molar-refractivity contribution in [3.8, 4) is 0 Å². The van der Waals surface area contributed by atoms with Gasteiger partial charge in [0, 0.05) is 5.92 Å². The topological polar surface area (TPSA) is 57.0 Å². The number of aromatic nitrogens is 3. The summed E-state index contributed by atoms with van der Waals surface area (Å²) in [5.74, 6) is 1.66. The number of carbonyl (C=O) groups excluding carboxylic acids is 1. The molecule has 0 N–H and O–H groups in total. The minimum Gasteiger partial charge on any atom is -0.465 e. The molecule has 1 aromatic heterocycles. The van der Waals surface area contributed by atoms with E-state index >= 15 is 0 Å². The molecule has 5 nitrogen and oxygen atoms in total. The van der Waals surface area contributed by atoms with E-state index in [9.17, 15) is 4.79 Å². The summed E-state index contributed by atoms with van der Waals surface area (Å²) in [6, 6.07) is 10.3. The lowest BCUT2D eigenvalue weighted by atomic mass is 10.2. The Morgan fingerprint density at radius 1 is 1.29 bits per heavy atom. The summed E-state index contributed by atoms with van der Waals surface area (Å²) >= 11 is 1.41. The van der Waals surface area contributed by atoms with Crippen LogP contribution in [-0.4, -0.2) is 33.1 Å². The van der Waals surface area contributed by atoms with Crippen LogP contribution in [0.25, 0.3) is 0 Å². The average Bonchev–Trinajstić information content (AvgIpc) is 3.37. The molecule has 0 saturated heterocycles. The molecule has 1 fully saturated rings. The highest BCUT2D eigenvalue weighted by atomic mass is 32.2. The molecule has 1 saturated carbocycles. The Morgan fingerprint density at radius 2 is 2.08 bits per heavy atom. The second-order valence-electron chi connectivity index (χ2n) is 6.05. The molecule has 0 aliphatic heterocycles. The van der Waals surface area contributed by atoms with Crippen LogP contribution in [0.5, 0.6) is 0 Å². The first-order valence-electron chi connectivity index (χ1n) is 8.53. The lowest BCUT2D eigenvalue weighted by Gasteiger charge is -2.10. The molecule has 2 aromatic rings. The second kappa shape index (κ2) is 8.33. The van der Waals surface area contributed by atoms with Gasteiger partial charge in [0.1, 0.15) is 5.82 Å². The maximum atomic E-state index is 11.8. The number of hydrogen-bond acceptors (Lipinski definition) is 5. The van der Waals surface area contributed by atoms with Crippen LogP contribution in [0.3, 0.4) is 0 Å². The summed E-state index contributed by atoms with van der Waals surface area (Å²) in [5, 5.41) is 9.48. The number of unbranched alkanes of at least 4 members (excludes halogenated alkanes) is 1. The number of hydrogen-bond donors (Lipinski definition) is 0. The van der Waals surface area contributed by atoms with Gasteiger partial charge in [-0.25, -0.2) is 0 Å². The first-order chi connectivity index (χ1) is 11.8. The standard InChI is InChI=1S/C18H23N3O2S/c1-2-3-11-23-16(22)13-24-18-20-19-17(15-9-10-15)21(18)12-14-7-5-4-6-8-14/h4-8,15H,2-3,9-13H2,1H3. The molecule has 24 heavy (non-hydrogen) atoms. The molecule has 0 bridgehead atoms. The molecular formula is C18H23N3O2S. The van der Waals surface area contributed by atoms with Crippen LogP contribution in [0, 0.1) is 0 Å². The van der Waals surface area contributed by atoms with Gasteiger partial charge < -0.3 is 9.30 Å². The van der Waals surface area contributed by atoms with Gasteiger partial charge in [-0.1, -0.05) is 55.4 Å². The van der Waals surface area contributed by atoms with Crippen molar-refractivity contribution in [3.05, 3.63) is 41.7 Å². The van der Waals surface area contributed by atoms with Gasteiger partial charge in [-0.3, -0.25) is 4.79 Å². The molecule has 0 atom stereocenters. The number of nitrogens with zero attached hydrogens (tertiary/aromatic N) is 3. The number of benzene rings is 1. The number of ether oxygens (including phenoxy) is 1. The van der Waals surface area contributed by atoms with Crippen molar-refractivity contribution in [2.45, 2.75) is 50.2 Å². The predicted octanol–water partition coefficient (Wildman–Crippen LogP) is 3.64. The van der Waals surface area contributed by atoms with Gasteiger partial charge in [-0.2, -0.15) is 0 Å². The van der Waals surface area contributed by atoms with Crippen molar-refractivity contribution in [2.24, 2.45) is 0 Å². The van der Waals surface area contributed by atoms with Gasteiger partial charge in [0.05, 0.1) is 18.9 Å². The largest absolute Gasteiger partial charge is 0.465 e. The Hall–Kier alpha value is -1.82. The van der Waals surface area contributed by atoms with E-state index in [4.69, 9.17) is 4.74 Å². The second-order valence-corrected chi connectivity index (χ2v) is 6.99. The molecule has 1 heterocycles. The quantitative estimate of drug-likeness (QED) is 0.394. The highest BCUT2D eigenvalue weighted by Gasteiger charge is 2.30. The van der Waals surface area contributed by atoms with Crippen LogP contribution in [0.15, 0.2) is 35.5 Å². The Bertz CT molecular complexity index is 668. The van der Waals surface area contributed by atoms with Crippen LogP contribution in [-0.2, 0) is 16.1 Å². The summed E-state index contributed by atoms with van der Waals surface area (Å²) in [4.78, 5) is 11.8. The number of rotatable bonds is 9. The zero-order chi connectivity index (χ0) is 16.8. The normalized spacial score (nSPS) is 13.9. The van der Waals surface area contributed by atoms with E-state index in [0.29, 0.717) is 12.5 Å². The molecule has 0 unspecified atom stereocenters. The fraction of sp³-hybridized carbons (Fsp3) is 0.500. The highest BCUT2D eigenvalue weighted by Crippen LogP contribution is 2.40. The van der Waals surface area contributed by atoms with Crippen LogP contribution in [0.4, 0.5) is 0 Å². The van der Waals surface area contributed by atoms with E-state index in [1.165, 1.54) is 30.2 Å². The summed E-state index contributed by atoms with van der Waals surface area (Å²) in [7, 11) is 0. The highest BCUT2D eigenvalue weighted by molar-refractivity contribution is 7.99. The molecule has 3 rings (SSSR count). The van der Waals surface area contributed by atoms with E-state index in [1.54, 1.807) is 0 Å². The van der Waals surface area contributed by atoms with Crippen molar-refractivity contribution < 1.29 is 9.53 Å². The number of carbonyl (C=O) groups is 1. The van der Waals surface area contributed by atoms with Crippen molar-refractivity contribution in [1.82, 2.24) is 14.8 Å². The summed E-state index contributed by atoms with van der Waals surface area (Å²) < 4.78 is 7.36. The van der Waals surface area contributed by atoms with Gasteiger partial charge >= 0.3 is 5.97 Å². The summed E-state index contributed by atoms with van der Waals surface area (Å²) in [6.45, 7) is 3.32. The minimum atomic E-state index is -0.185. The first kappa shape index (κ1) is 17.0. The fourth-order valence-corrected chi connectivity index (χ4v) is 3.20. The Balaban J connectivity index is 1.65. The zero-order valence-electron chi connectivity index (χ0n) is 14.0. The fourth-order valence-electron chi connectivity index (χ4n) is 2.46.